The van der Waals surface area contributed by atoms with Gasteiger partial charge in [-0.25, -0.2) is 13.8 Å². The molecule has 9 heteroatoms. The Bertz CT molecular complexity index is 838. The Morgan fingerprint density at radius 1 is 1.35 bits per heavy atom. The number of rotatable bonds is 2. The van der Waals surface area contributed by atoms with Crippen molar-refractivity contribution in [3.05, 3.63) is 55.9 Å². The number of amides is 1. The number of carbonyl (C=O) groups excluding carboxylic acids is 1. The Labute approximate surface area is 142 Å². The third kappa shape index (κ3) is 2.78. The second-order valence-electron chi connectivity index (χ2n) is 4.85. The van der Waals surface area contributed by atoms with E-state index in [2.05, 4.69) is 25.9 Å². The van der Waals surface area contributed by atoms with Gasteiger partial charge in [-0.15, -0.1) is 11.8 Å². The minimum absolute atomic E-state index is 0.0293. The predicted octanol–water partition coefficient (Wildman–Crippen LogP) is 2.90. The van der Waals surface area contributed by atoms with Crippen LogP contribution in [0.15, 0.2) is 27.5 Å². The number of aryl methyl sites for hydroxylation is 1. The van der Waals surface area contributed by atoms with E-state index >= 15 is 0 Å². The van der Waals surface area contributed by atoms with Gasteiger partial charge in [-0.1, -0.05) is 6.07 Å². The fourth-order valence-electron chi connectivity index (χ4n) is 2.28. The Hall–Kier alpha value is -1.74. The van der Waals surface area contributed by atoms with Crippen molar-refractivity contribution in [2.75, 3.05) is 10.7 Å². The van der Waals surface area contributed by atoms with Crippen molar-refractivity contribution in [1.82, 2.24) is 9.97 Å². The molecule has 1 fully saturated rings. The van der Waals surface area contributed by atoms with Crippen LogP contribution in [0.5, 0.6) is 0 Å². The fraction of sp³-hybridized carbons (Fsp3) is 0.214. The molecule has 1 aromatic carbocycles. The highest BCUT2D eigenvalue weighted by Gasteiger charge is 2.38. The third-order valence-corrected chi connectivity index (χ3v) is 5.47. The third-order valence-electron chi connectivity index (χ3n) is 3.36. The molecule has 5 nitrogen and oxygen atoms in total. The molecule has 0 aliphatic carbocycles. The molecule has 0 radical (unpaired) electrons. The molecule has 1 saturated heterocycles. The highest BCUT2D eigenvalue weighted by atomic mass is 79.9. The highest BCUT2D eigenvalue weighted by molar-refractivity contribution is 9.10. The smallest absolute Gasteiger partial charge is 0.266 e. The molecule has 1 unspecified atom stereocenters. The molecule has 1 N–H and O–H groups in total. The molecule has 2 heterocycles. The second kappa shape index (κ2) is 6.04. The molecule has 120 valence electrons. The number of nitrogens with one attached hydrogen (secondary N) is 1. The Balaban J connectivity index is 2.13. The second-order valence-corrected chi connectivity index (χ2v) is 6.71. The van der Waals surface area contributed by atoms with Gasteiger partial charge in [0.2, 0.25) is 11.9 Å². The van der Waals surface area contributed by atoms with Crippen molar-refractivity contribution in [3.8, 4) is 0 Å². The van der Waals surface area contributed by atoms with Gasteiger partial charge in [0.25, 0.3) is 5.56 Å². The van der Waals surface area contributed by atoms with Crippen LogP contribution < -0.4 is 10.5 Å². The number of halogens is 3. The summed E-state index contributed by atoms with van der Waals surface area (Å²) in [5, 5.41) is -0.924. The van der Waals surface area contributed by atoms with Gasteiger partial charge >= 0.3 is 0 Å². The van der Waals surface area contributed by atoms with Gasteiger partial charge in [0.1, 0.15) is 21.5 Å². The molecule has 1 aliphatic heterocycles. The molecular formula is C14H10BrF2N3O2S. The van der Waals surface area contributed by atoms with E-state index in [0.29, 0.717) is 5.69 Å². The summed E-state index contributed by atoms with van der Waals surface area (Å²) in [4.78, 5) is 31.8. The molecule has 3 rings (SSSR count). The lowest BCUT2D eigenvalue weighted by Crippen LogP contribution is -2.32. The number of anilines is 1. The Kier molecular flexibility index (Phi) is 4.24. The van der Waals surface area contributed by atoms with Crippen LogP contribution in [0, 0.1) is 18.6 Å². The van der Waals surface area contributed by atoms with E-state index in [4.69, 9.17) is 0 Å². The Morgan fingerprint density at radius 3 is 2.61 bits per heavy atom. The van der Waals surface area contributed by atoms with Crippen LogP contribution in [-0.2, 0) is 4.79 Å². The van der Waals surface area contributed by atoms with Crippen LogP contribution in [0.2, 0.25) is 0 Å². The topological polar surface area (TPSA) is 66.1 Å². The molecule has 23 heavy (non-hydrogen) atoms. The van der Waals surface area contributed by atoms with Crippen molar-refractivity contribution in [3.63, 3.8) is 0 Å². The number of hydrogen-bond acceptors (Lipinski definition) is 4. The molecule has 1 aliphatic rings. The molecule has 0 spiro atoms. The summed E-state index contributed by atoms with van der Waals surface area (Å²) in [5.41, 5.74) is -0.322. The maximum absolute atomic E-state index is 14.0. The Morgan fingerprint density at radius 2 is 2.00 bits per heavy atom. The largest absolute Gasteiger partial charge is 0.291 e. The van der Waals surface area contributed by atoms with Gasteiger partial charge in [-0.3, -0.25) is 19.5 Å². The normalized spacial score (nSPS) is 17.8. The summed E-state index contributed by atoms with van der Waals surface area (Å²) >= 11 is 4.16. The van der Waals surface area contributed by atoms with E-state index in [9.17, 15) is 18.4 Å². The molecule has 1 aromatic heterocycles. The maximum atomic E-state index is 14.0. The standard InChI is InChI=1S/C14H10BrF2N3O2S/c1-6-11(15)12(22)19-14(18-6)20-9(21)5-23-13(20)10-7(16)3-2-4-8(10)17/h2-4,13H,5H2,1H3,(H,18,19,22). The van der Waals surface area contributed by atoms with Gasteiger partial charge in [0.15, 0.2) is 0 Å². The van der Waals surface area contributed by atoms with Crippen molar-refractivity contribution in [1.29, 1.82) is 0 Å². The summed E-state index contributed by atoms with van der Waals surface area (Å²) in [7, 11) is 0. The van der Waals surface area contributed by atoms with Crippen LogP contribution in [-0.4, -0.2) is 21.6 Å². The van der Waals surface area contributed by atoms with E-state index in [1.54, 1.807) is 6.92 Å². The molecule has 2 aromatic rings. The van der Waals surface area contributed by atoms with Crippen molar-refractivity contribution < 1.29 is 13.6 Å². The number of carbonyl (C=O) groups is 1. The summed E-state index contributed by atoms with van der Waals surface area (Å²) in [6.07, 6.45) is 0. The van der Waals surface area contributed by atoms with Crippen molar-refractivity contribution >= 4 is 39.5 Å². The number of aromatic nitrogens is 2. The average Bonchev–Trinajstić information content (AvgIpc) is 2.86. The first kappa shape index (κ1) is 16.1. The van der Waals surface area contributed by atoms with E-state index < -0.39 is 22.6 Å². The van der Waals surface area contributed by atoms with Gasteiger partial charge in [0.05, 0.1) is 17.0 Å². The zero-order valence-electron chi connectivity index (χ0n) is 11.8. The highest BCUT2D eigenvalue weighted by Crippen LogP contribution is 2.42. The van der Waals surface area contributed by atoms with Gasteiger partial charge in [-0.05, 0) is 35.0 Å². The summed E-state index contributed by atoms with van der Waals surface area (Å²) in [5.74, 6) is -1.88. The van der Waals surface area contributed by atoms with Crippen molar-refractivity contribution in [2.45, 2.75) is 12.3 Å². The molecule has 1 atom stereocenters. The number of hydrogen-bond donors (Lipinski definition) is 1. The predicted molar refractivity (Wildman–Crippen MR) is 86.3 cm³/mol. The monoisotopic (exact) mass is 401 g/mol. The quantitative estimate of drug-likeness (QED) is 0.839. The van der Waals surface area contributed by atoms with Crippen molar-refractivity contribution in [2.24, 2.45) is 0 Å². The van der Waals surface area contributed by atoms with E-state index in [0.717, 1.165) is 28.8 Å². The van der Waals surface area contributed by atoms with E-state index in [1.165, 1.54) is 6.07 Å². The zero-order valence-corrected chi connectivity index (χ0v) is 14.2. The molecular weight excluding hydrogens is 392 g/mol. The van der Waals surface area contributed by atoms with Gasteiger partial charge in [-0.2, -0.15) is 0 Å². The van der Waals surface area contributed by atoms with Crippen LogP contribution in [0.25, 0.3) is 0 Å². The maximum Gasteiger partial charge on any atom is 0.266 e. The summed E-state index contributed by atoms with van der Waals surface area (Å²) in [6, 6.07) is 3.51. The first-order chi connectivity index (χ1) is 10.9. The number of nitrogens with zero attached hydrogens (tertiary/aromatic N) is 2. The molecule has 0 saturated carbocycles. The van der Waals surface area contributed by atoms with E-state index in [-0.39, 0.29) is 27.6 Å². The van der Waals surface area contributed by atoms with Crippen LogP contribution in [0.1, 0.15) is 16.6 Å². The van der Waals surface area contributed by atoms with Crippen LogP contribution >= 0.6 is 27.7 Å². The number of thioether (sulfide) groups is 1. The zero-order chi connectivity index (χ0) is 16.7. The van der Waals surface area contributed by atoms with Crippen LogP contribution in [0.3, 0.4) is 0 Å². The number of aromatic amines is 1. The summed E-state index contributed by atoms with van der Waals surface area (Å²) < 4.78 is 28.3. The first-order valence-corrected chi connectivity index (χ1v) is 8.38. The fourth-order valence-corrected chi connectivity index (χ4v) is 3.67. The van der Waals surface area contributed by atoms with Gasteiger partial charge < -0.3 is 0 Å². The SMILES string of the molecule is Cc1nc(N2C(=O)CSC2c2c(F)cccc2F)[nH]c(=O)c1Br. The molecule has 0 bridgehead atoms. The lowest BCUT2D eigenvalue weighted by Gasteiger charge is -2.23. The lowest BCUT2D eigenvalue weighted by molar-refractivity contribution is -0.115. The molecule has 1 amide bonds. The van der Waals surface area contributed by atoms with E-state index in [1.807, 2.05) is 0 Å². The number of benzene rings is 1. The van der Waals surface area contributed by atoms with Crippen LogP contribution in [0.4, 0.5) is 14.7 Å². The average molecular weight is 402 g/mol. The number of H-pyrrole nitrogens is 1. The first-order valence-electron chi connectivity index (χ1n) is 6.54. The van der Waals surface area contributed by atoms with Gasteiger partial charge in [0, 0.05) is 0 Å². The summed E-state index contributed by atoms with van der Waals surface area (Å²) in [6.45, 7) is 1.59. The lowest BCUT2D eigenvalue weighted by atomic mass is 10.2. The minimum atomic E-state index is -0.924. The minimum Gasteiger partial charge on any atom is -0.291 e.